The smallest absolute Gasteiger partial charge is 0.291 e. The minimum atomic E-state index is -0.364. The summed E-state index contributed by atoms with van der Waals surface area (Å²) < 4.78 is 5.07. The summed E-state index contributed by atoms with van der Waals surface area (Å²) in [5, 5.41) is 6.17. The molecule has 0 radical (unpaired) electrons. The molecule has 3 N–H and O–H groups in total. The van der Waals surface area contributed by atoms with Crippen molar-refractivity contribution < 1.29 is 14.0 Å². The number of benzene rings is 2. The van der Waals surface area contributed by atoms with Gasteiger partial charge in [-0.3, -0.25) is 9.59 Å². The second kappa shape index (κ2) is 7.92. The molecule has 0 unspecified atom stereocenters. The van der Waals surface area contributed by atoms with Gasteiger partial charge in [0.05, 0.1) is 27.2 Å². The van der Waals surface area contributed by atoms with Crippen LogP contribution in [0.2, 0.25) is 0 Å². The lowest BCUT2D eigenvalue weighted by atomic mass is 10.2. The zero-order valence-corrected chi connectivity index (χ0v) is 16.9. The Morgan fingerprint density at radius 3 is 2.65 bits per heavy atom. The Balaban J connectivity index is 1.30. The van der Waals surface area contributed by atoms with Gasteiger partial charge in [-0.05, 0) is 48.5 Å². The van der Waals surface area contributed by atoms with Gasteiger partial charge in [0.2, 0.25) is 0 Å². The van der Waals surface area contributed by atoms with Crippen molar-refractivity contribution in [1.82, 2.24) is 9.97 Å². The van der Waals surface area contributed by atoms with Crippen molar-refractivity contribution in [2.45, 2.75) is 0 Å². The number of para-hydroxylation sites is 2. The van der Waals surface area contributed by atoms with Gasteiger partial charge < -0.3 is 20.0 Å². The number of imidazole rings is 1. The molecular weight excluding hydrogens is 412 g/mol. The molecule has 7 nitrogen and oxygen atoms in total. The van der Waals surface area contributed by atoms with Crippen molar-refractivity contribution in [3.63, 3.8) is 0 Å². The van der Waals surface area contributed by atoms with Crippen LogP contribution in [0.5, 0.6) is 0 Å². The van der Waals surface area contributed by atoms with E-state index in [1.807, 2.05) is 48.5 Å². The number of aromatic nitrogens is 2. The van der Waals surface area contributed by atoms with Crippen LogP contribution >= 0.6 is 11.3 Å². The molecular formula is C23H16N4O3S. The van der Waals surface area contributed by atoms with E-state index in [0.717, 1.165) is 22.4 Å². The maximum absolute atomic E-state index is 12.7. The molecule has 2 amide bonds. The van der Waals surface area contributed by atoms with Crippen LogP contribution in [0.4, 0.5) is 10.7 Å². The third kappa shape index (κ3) is 3.96. The van der Waals surface area contributed by atoms with Crippen molar-refractivity contribution in [3.05, 3.63) is 89.7 Å². The molecule has 0 spiro atoms. The predicted octanol–water partition coefficient (Wildman–Crippen LogP) is 5.39. The maximum Gasteiger partial charge on any atom is 0.291 e. The van der Waals surface area contributed by atoms with Crippen LogP contribution < -0.4 is 10.6 Å². The fourth-order valence-corrected chi connectivity index (χ4v) is 3.93. The van der Waals surface area contributed by atoms with Crippen LogP contribution in [0.1, 0.15) is 20.2 Å². The summed E-state index contributed by atoms with van der Waals surface area (Å²) in [5.74, 6) is 0.320. The highest BCUT2D eigenvalue weighted by molar-refractivity contribution is 7.18. The number of furan rings is 1. The van der Waals surface area contributed by atoms with Gasteiger partial charge in [0.15, 0.2) is 5.76 Å². The van der Waals surface area contributed by atoms with Crippen LogP contribution in [0.3, 0.4) is 0 Å². The van der Waals surface area contributed by atoms with Gasteiger partial charge in [-0.2, -0.15) is 0 Å². The summed E-state index contributed by atoms with van der Waals surface area (Å²) in [5.41, 5.74) is 3.36. The van der Waals surface area contributed by atoms with Gasteiger partial charge in [-0.1, -0.05) is 24.3 Å². The number of anilines is 2. The van der Waals surface area contributed by atoms with Gasteiger partial charge in [-0.15, -0.1) is 11.3 Å². The van der Waals surface area contributed by atoms with Gasteiger partial charge in [0.25, 0.3) is 11.8 Å². The Morgan fingerprint density at radius 2 is 1.81 bits per heavy atom. The number of nitrogens with zero attached hydrogens (tertiary/aromatic N) is 1. The fourth-order valence-electron chi connectivity index (χ4n) is 3.13. The topological polar surface area (TPSA) is 100 Å². The summed E-state index contributed by atoms with van der Waals surface area (Å²) in [6.45, 7) is 0. The molecule has 0 atom stereocenters. The number of aromatic amines is 1. The van der Waals surface area contributed by atoms with E-state index in [1.54, 1.807) is 24.3 Å². The molecule has 3 heterocycles. The Labute approximate surface area is 180 Å². The van der Waals surface area contributed by atoms with Crippen LogP contribution in [0.25, 0.3) is 22.4 Å². The lowest BCUT2D eigenvalue weighted by Crippen LogP contribution is -2.10. The maximum atomic E-state index is 12.7. The Morgan fingerprint density at radius 1 is 0.903 bits per heavy atom. The van der Waals surface area contributed by atoms with Crippen molar-refractivity contribution in [1.29, 1.82) is 0 Å². The fraction of sp³-hybridized carbons (Fsp3) is 0. The number of hydrogen-bond donors (Lipinski definition) is 3. The van der Waals surface area contributed by atoms with Crippen molar-refractivity contribution in [3.8, 4) is 11.4 Å². The SMILES string of the molecule is O=C(Nc1ccc(C(=O)Nc2cccc(-c3nc4ccccc4[nH]3)c2)s1)c1ccco1. The zero-order valence-electron chi connectivity index (χ0n) is 16.1. The van der Waals surface area contributed by atoms with Crippen LogP contribution in [-0.2, 0) is 0 Å². The second-order valence-corrected chi connectivity index (χ2v) is 7.82. The summed E-state index contributed by atoms with van der Waals surface area (Å²) in [4.78, 5) is 33.1. The Bertz CT molecular complexity index is 1350. The lowest BCUT2D eigenvalue weighted by Gasteiger charge is -2.05. The van der Waals surface area contributed by atoms with E-state index in [4.69, 9.17) is 4.42 Å². The van der Waals surface area contributed by atoms with Gasteiger partial charge >= 0.3 is 0 Å². The van der Waals surface area contributed by atoms with Crippen LogP contribution in [0, 0.1) is 0 Å². The molecule has 0 fully saturated rings. The summed E-state index contributed by atoms with van der Waals surface area (Å²) in [7, 11) is 0. The highest BCUT2D eigenvalue weighted by Crippen LogP contribution is 2.26. The van der Waals surface area contributed by atoms with Crippen LogP contribution in [0.15, 0.2) is 83.5 Å². The third-order valence-corrected chi connectivity index (χ3v) is 5.59. The number of rotatable bonds is 5. The van der Waals surface area contributed by atoms with Crippen molar-refractivity contribution in [2.75, 3.05) is 10.6 Å². The molecule has 0 aliphatic rings. The van der Waals surface area contributed by atoms with Gasteiger partial charge in [0, 0.05) is 11.3 Å². The zero-order chi connectivity index (χ0) is 21.2. The molecule has 0 aliphatic heterocycles. The van der Waals surface area contributed by atoms with E-state index < -0.39 is 0 Å². The van der Waals surface area contributed by atoms with Gasteiger partial charge in [-0.25, -0.2) is 4.98 Å². The molecule has 3 aromatic heterocycles. The summed E-state index contributed by atoms with van der Waals surface area (Å²) in [6, 6.07) is 21.8. The minimum absolute atomic E-state index is 0.210. The summed E-state index contributed by atoms with van der Waals surface area (Å²) >= 11 is 1.19. The first-order valence-corrected chi connectivity index (χ1v) is 10.3. The molecule has 0 bridgehead atoms. The molecule has 31 heavy (non-hydrogen) atoms. The molecule has 0 saturated heterocycles. The van der Waals surface area contributed by atoms with E-state index in [1.165, 1.54) is 17.6 Å². The van der Waals surface area contributed by atoms with E-state index in [9.17, 15) is 9.59 Å². The molecule has 0 saturated carbocycles. The number of fused-ring (bicyclic) bond motifs is 1. The van der Waals surface area contributed by atoms with E-state index in [2.05, 4.69) is 20.6 Å². The number of carbonyl (C=O) groups excluding carboxylic acids is 2. The molecule has 0 aliphatic carbocycles. The average Bonchev–Trinajstić information content (AvgIpc) is 3.53. The monoisotopic (exact) mass is 428 g/mol. The number of nitrogens with one attached hydrogen (secondary N) is 3. The lowest BCUT2D eigenvalue weighted by molar-refractivity contribution is 0.0995. The van der Waals surface area contributed by atoms with E-state index in [0.29, 0.717) is 15.6 Å². The number of hydrogen-bond acceptors (Lipinski definition) is 5. The molecule has 5 aromatic rings. The summed E-state index contributed by atoms with van der Waals surface area (Å²) in [6.07, 6.45) is 1.43. The predicted molar refractivity (Wildman–Crippen MR) is 120 cm³/mol. The largest absolute Gasteiger partial charge is 0.459 e. The van der Waals surface area contributed by atoms with Gasteiger partial charge in [0.1, 0.15) is 5.82 Å². The second-order valence-electron chi connectivity index (χ2n) is 6.73. The van der Waals surface area contributed by atoms with Crippen molar-refractivity contribution >= 4 is 44.9 Å². The van der Waals surface area contributed by atoms with E-state index in [-0.39, 0.29) is 17.6 Å². The highest BCUT2D eigenvalue weighted by atomic mass is 32.1. The Kier molecular flexibility index (Phi) is 4.81. The number of amides is 2. The van der Waals surface area contributed by atoms with E-state index >= 15 is 0 Å². The first kappa shape index (κ1) is 18.8. The standard InChI is InChI=1S/C23H16N4O3S/c28-22(18-9-4-12-30-18)27-20-11-10-19(31-20)23(29)24-15-6-3-5-14(13-15)21-25-16-7-1-2-8-17(16)26-21/h1-13H,(H,24,29)(H,25,26)(H,27,28). The number of H-pyrrole nitrogens is 1. The number of carbonyl (C=O) groups is 2. The molecule has 152 valence electrons. The Hall–Kier alpha value is -4.17. The highest BCUT2D eigenvalue weighted by Gasteiger charge is 2.14. The average molecular weight is 428 g/mol. The quantitative estimate of drug-likeness (QED) is 0.349. The van der Waals surface area contributed by atoms with Crippen LogP contribution in [-0.4, -0.2) is 21.8 Å². The minimum Gasteiger partial charge on any atom is -0.459 e. The molecule has 2 aromatic carbocycles. The number of thiophene rings is 1. The molecule has 8 heteroatoms. The first-order valence-electron chi connectivity index (χ1n) is 9.47. The normalized spacial score (nSPS) is 10.8. The first-order chi connectivity index (χ1) is 15.2. The third-order valence-electron chi connectivity index (χ3n) is 4.59. The van der Waals surface area contributed by atoms with Crippen molar-refractivity contribution in [2.24, 2.45) is 0 Å². The molecule has 5 rings (SSSR count).